The topological polar surface area (TPSA) is 79.9 Å². The smallest absolute Gasteiger partial charge is 0.262 e. The zero-order valence-corrected chi connectivity index (χ0v) is 12.9. The van der Waals surface area contributed by atoms with Crippen LogP contribution >= 0.6 is 0 Å². The largest absolute Gasteiger partial charge is 0.482 e. The van der Waals surface area contributed by atoms with Crippen LogP contribution in [0.25, 0.3) is 16.9 Å². The molecule has 1 aromatic heterocycles. The monoisotopic (exact) mass is 334 g/mol. The molecule has 0 saturated carbocycles. The van der Waals surface area contributed by atoms with Crippen molar-refractivity contribution in [1.82, 2.24) is 9.78 Å². The first-order valence-corrected chi connectivity index (χ1v) is 7.47. The number of rotatable bonds is 2. The van der Waals surface area contributed by atoms with Gasteiger partial charge in [0.1, 0.15) is 17.6 Å². The second-order valence-electron chi connectivity index (χ2n) is 5.46. The summed E-state index contributed by atoms with van der Waals surface area (Å²) < 4.78 is 20.1. The van der Waals surface area contributed by atoms with Gasteiger partial charge in [-0.05, 0) is 42.5 Å². The summed E-state index contributed by atoms with van der Waals surface area (Å²) in [5.74, 6) is -0.00212. The molecule has 25 heavy (non-hydrogen) atoms. The fraction of sp³-hybridized carbons (Fsp3) is 0.0556. The van der Waals surface area contributed by atoms with E-state index in [9.17, 15) is 14.4 Å². The van der Waals surface area contributed by atoms with Crippen molar-refractivity contribution in [3.05, 3.63) is 60.0 Å². The van der Waals surface area contributed by atoms with Crippen molar-refractivity contribution in [1.29, 1.82) is 5.26 Å². The highest BCUT2D eigenvalue weighted by Crippen LogP contribution is 2.33. The summed E-state index contributed by atoms with van der Waals surface area (Å²) in [6.45, 7) is -0.0154. The molecule has 1 N–H and O–H groups in total. The maximum absolute atomic E-state index is 13.2. The van der Waals surface area contributed by atoms with Crippen molar-refractivity contribution < 1.29 is 13.9 Å². The third kappa shape index (κ3) is 2.70. The van der Waals surface area contributed by atoms with Crippen LogP contribution in [-0.2, 0) is 4.79 Å². The van der Waals surface area contributed by atoms with Crippen molar-refractivity contribution in [3.8, 4) is 28.8 Å². The van der Waals surface area contributed by atoms with Crippen molar-refractivity contribution >= 4 is 11.6 Å². The first-order chi connectivity index (χ1) is 12.1. The van der Waals surface area contributed by atoms with Crippen LogP contribution in [0.4, 0.5) is 10.1 Å². The van der Waals surface area contributed by atoms with E-state index in [0.29, 0.717) is 22.8 Å². The number of carbonyl (C=O) groups is 1. The zero-order valence-electron chi connectivity index (χ0n) is 12.9. The summed E-state index contributed by atoms with van der Waals surface area (Å²) in [7, 11) is 0. The van der Waals surface area contributed by atoms with Crippen molar-refractivity contribution in [2.75, 3.05) is 11.9 Å². The van der Waals surface area contributed by atoms with Crippen LogP contribution in [0.15, 0.2) is 48.5 Å². The highest BCUT2D eigenvalue weighted by atomic mass is 19.1. The van der Waals surface area contributed by atoms with Gasteiger partial charge in [-0.1, -0.05) is 0 Å². The van der Waals surface area contributed by atoms with E-state index >= 15 is 0 Å². The lowest BCUT2D eigenvalue weighted by Gasteiger charge is -2.18. The summed E-state index contributed by atoms with van der Waals surface area (Å²) in [6, 6.07) is 14.8. The lowest BCUT2D eigenvalue weighted by Crippen LogP contribution is -2.25. The number of nitrogens with one attached hydrogen (secondary N) is 1. The number of nitriles is 1. The molecule has 7 heteroatoms. The summed E-state index contributed by atoms with van der Waals surface area (Å²) in [6.07, 6.45) is 0. The number of halogens is 1. The zero-order chi connectivity index (χ0) is 17.4. The molecule has 0 atom stereocenters. The van der Waals surface area contributed by atoms with Gasteiger partial charge in [0, 0.05) is 11.6 Å². The Labute approximate surface area is 142 Å². The van der Waals surface area contributed by atoms with Crippen LogP contribution in [-0.4, -0.2) is 22.3 Å². The fourth-order valence-corrected chi connectivity index (χ4v) is 2.66. The third-order valence-electron chi connectivity index (χ3n) is 3.80. The minimum Gasteiger partial charge on any atom is -0.482 e. The molecule has 4 rings (SSSR count). The Morgan fingerprint density at radius 3 is 2.76 bits per heavy atom. The molecule has 6 nitrogen and oxygen atoms in total. The standard InChI is InChI=1S/C18H11FN4O2/c19-12-2-4-14(5-3-12)23-16(8-13(9-20)22-23)11-1-6-17-15(7-11)21-18(24)10-25-17/h1-8H,10H2,(H,21,24). The van der Waals surface area contributed by atoms with Gasteiger partial charge in [-0.15, -0.1) is 0 Å². The quantitative estimate of drug-likeness (QED) is 0.781. The summed E-state index contributed by atoms with van der Waals surface area (Å²) in [5, 5.41) is 16.2. The lowest BCUT2D eigenvalue weighted by molar-refractivity contribution is -0.118. The molecule has 0 fully saturated rings. The first kappa shape index (κ1) is 14.9. The van der Waals surface area contributed by atoms with E-state index in [4.69, 9.17) is 4.74 Å². The number of hydrogen-bond acceptors (Lipinski definition) is 4. The molecule has 1 aliphatic rings. The summed E-state index contributed by atoms with van der Waals surface area (Å²) in [5.41, 5.74) is 2.79. The number of carbonyl (C=O) groups excluding carboxylic acids is 1. The number of amides is 1. The van der Waals surface area contributed by atoms with Crippen LogP contribution in [0, 0.1) is 17.1 Å². The first-order valence-electron chi connectivity index (χ1n) is 7.47. The highest BCUT2D eigenvalue weighted by Gasteiger charge is 2.18. The molecular weight excluding hydrogens is 323 g/mol. The van der Waals surface area contributed by atoms with Crippen LogP contribution < -0.4 is 10.1 Å². The summed E-state index contributed by atoms with van der Waals surface area (Å²) in [4.78, 5) is 11.5. The van der Waals surface area contributed by atoms with Crippen molar-refractivity contribution in [2.45, 2.75) is 0 Å². The number of fused-ring (bicyclic) bond motifs is 1. The van der Waals surface area contributed by atoms with Gasteiger partial charge < -0.3 is 10.1 Å². The summed E-state index contributed by atoms with van der Waals surface area (Å²) >= 11 is 0. The van der Waals surface area contributed by atoms with E-state index in [1.807, 2.05) is 12.1 Å². The second kappa shape index (κ2) is 5.76. The molecule has 122 valence electrons. The SMILES string of the molecule is N#Cc1cc(-c2ccc3c(c2)NC(=O)CO3)n(-c2ccc(F)cc2)n1. The van der Waals surface area contributed by atoms with Gasteiger partial charge in [0.05, 0.1) is 17.1 Å². The van der Waals surface area contributed by atoms with E-state index in [1.165, 1.54) is 12.1 Å². The number of anilines is 1. The molecule has 1 aliphatic heterocycles. The Morgan fingerprint density at radius 1 is 1.20 bits per heavy atom. The van der Waals surface area contributed by atoms with Gasteiger partial charge in [-0.25, -0.2) is 9.07 Å². The molecule has 0 aliphatic carbocycles. The number of aromatic nitrogens is 2. The molecule has 2 heterocycles. The Kier molecular flexibility index (Phi) is 3.43. The van der Waals surface area contributed by atoms with Gasteiger partial charge in [0.2, 0.25) is 0 Å². The normalized spacial score (nSPS) is 12.7. The molecular formula is C18H11FN4O2. The van der Waals surface area contributed by atoms with Gasteiger partial charge in [-0.2, -0.15) is 10.4 Å². The van der Waals surface area contributed by atoms with Crippen LogP contribution in [0.3, 0.4) is 0 Å². The minimum atomic E-state index is -0.355. The van der Waals surface area contributed by atoms with E-state index in [0.717, 1.165) is 5.56 Å². The highest BCUT2D eigenvalue weighted by molar-refractivity contribution is 5.96. The Hall–Kier alpha value is -3.66. The maximum Gasteiger partial charge on any atom is 0.262 e. The van der Waals surface area contributed by atoms with Gasteiger partial charge >= 0.3 is 0 Å². The lowest BCUT2D eigenvalue weighted by atomic mass is 10.1. The molecule has 0 bridgehead atoms. The van der Waals surface area contributed by atoms with Crippen molar-refractivity contribution in [3.63, 3.8) is 0 Å². The minimum absolute atomic E-state index is 0.0154. The second-order valence-corrected chi connectivity index (χ2v) is 5.46. The van der Waals surface area contributed by atoms with E-state index in [-0.39, 0.29) is 24.0 Å². The van der Waals surface area contributed by atoms with Gasteiger partial charge in [-0.3, -0.25) is 4.79 Å². The van der Waals surface area contributed by atoms with Crippen LogP contribution in [0.5, 0.6) is 5.75 Å². The molecule has 0 radical (unpaired) electrons. The average molecular weight is 334 g/mol. The Bertz CT molecular complexity index is 1020. The van der Waals surface area contributed by atoms with E-state index in [2.05, 4.69) is 10.4 Å². The van der Waals surface area contributed by atoms with Crippen LogP contribution in [0.2, 0.25) is 0 Å². The molecule has 2 aromatic carbocycles. The molecule has 0 spiro atoms. The molecule has 1 amide bonds. The molecule has 0 unspecified atom stereocenters. The maximum atomic E-state index is 13.2. The average Bonchev–Trinajstić information content (AvgIpc) is 3.06. The fourth-order valence-electron chi connectivity index (χ4n) is 2.66. The predicted molar refractivity (Wildman–Crippen MR) is 87.8 cm³/mol. The molecule has 0 saturated heterocycles. The van der Waals surface area contributed by atoms with E-state index < -0.39 is 0 Å². The van der Waals surface area contributed by atoms with Gasteiger partial charge in [0.25, 0.3) is 5.91 Å². The van der Waals surface area contributed by atoms with E-state index in [1.54, 1.807) is 35.0 Å². The Balaban J connectivity index is 1.84. The van der Waals surface area contributed by atoms with Crippen molar-refractivity contribution in [2.24, 2.45) is 0 Å². The van der Waals surface area contributed by atoms with Crippen LogP contribution in [0.1, 0.15) is 5.69 Å². The number of ether oxygens (including phenoxy) is 1. The van der Waals surface area contributed by atoms with Gasteiger partial charge in [0.15, 0.2) is 12.3 Å². The number of benzene rings is 2. The third-order valence-corrected chi connectivity index (χ3v) is 3.80. The molecule has 3 aromatic rings. The number of hydrogen-bond donors (Lipinski definition) is 1. The Morgan fingerprint density at radius 2 is 2.00 bits per heavy atom. The predicted octanol–water partition coefficient (Wildman–Crippen LogP) is 2.88. The number of nitrogens with zero attached hydrogens (tertiary/aromatic N) is 3.